The molecule has 0 unspecified atom stereocenters. The van der Waals surface area contributed by atoms with Gasteiger partial charge < -0.3 is 5.43 Å². The third-order valence-electron chi connectivity index (χ3n) is 2.67. The van der Waals surface area contributed by atoms with E-state index >= 15 is 0 Å². The van der Waals surface area contributed by atoms with Gasteiger partial charge in [-0.1, -0.05) is 20.3 Å². The molecule has 7 heteroatoms. The Labute approximate surface area is 108 Å². The second-order valence-electron chi connectivity index (χ2n) is 3.87. The number of sulfonamides is 1. The molecule has 0 aliphatic rings. The number of unbranched alkanes of at least 4 members (excludes halogenated alkanes) is 1. The van der Waals surface area contributed by atoms with E-state index in [4.69, 9.17) is 5.84 Å². The van der Waals surface area contributed by atoms with E-state index in [1.807, 2.05) is 13.8 Å². The van der Waals surface area contributed by atoms with E-state index in [0.29, 0.717) is 18.8 Å². The molecule has 1 heterocycles. The summed E-state index contributed by atoms with van der Waals surface area (Å²) in [5.41, 5.74) is 2.75. The van der Waals surface area contributed by atoms with Crippen LogP contribution in [0.5, 0.6) is 0 Å². The van der Waals surface area contributed by atoms with Crippen molar-refractivity contribution in [1.82, 2.24) is 9.29 Å². The van der Waals surface area contributed by atoms with Crippen LogP contribution in [0.15, 0.2) is 23.4 Å². The summed E-state index contributed by atoms with van der Waals surface area (Å²) >= 11 is 0. The zero-order chi connectivity index (χ0) is 13.6. The summed E-state index contributed by atoms with van der Waals surface area (Å²) in [5, 5.41) is 0. The summed E-state index contributed by atoms with van der Waals surface area (Å²) in [7, 11) is -3.54. The average Bonchev–Trinajstić information content (AvgIpc) is 2.39. The lowest BCUT2D eigenvalue weighted by Crippen LogP contribution is -2.32. The second-order valence-corrected chi connectivity index (χ2v) is 5.77. The number of hydrogen-bond donors (Lipinski definition) is 2. The van der Waals surface area contributed by atoms with Crippen LogP contribution < -0.4 is 11.3 Å². The highest BCUT2D eigenvalue weighted by Crippen LogP contribution is 2.22. The van der Waals surface area contributed by atoms with E-state index in [0.717, 1.165) is 12.8 Å². The van der Waals surface area contributed by atoms with Gasteiger partial charge in [0.1, 0.15) is 4.90 Å². The third kappa shape index (κ3) is 3.18. The lowest BCUT2D eigenvalue weighted by molar-refractivity contribution is 0.419. The van der Waals surface area contributed by atoms with Gasteiger partial charge >= 0.3 is 0 Å². The SMILES string of the molecule is CCCCN(CC)S(=O)(=O)c1cnccc1NN. The molecule has 0 amide bonds. The fraction of sp³-hybridized carbons (Fsp3) is 0.545. The van der Waals surface area contributed by atoms with Crippen molar-refractivity contribution in [3.63, 3.8) is 0 Å². The van der Waals surface area contributed by atoms with E-state index in [-0.39, 0.29) is 4.90 Å². The van der Waals surface area contributed by atoms with E-state index in [2.05, 4.69) is 10.4 Å². The maximum Gasteiger partial charge on any atom is 0.246 e. The molecule has 0 aromatic carbocycles. The highest BCUT2D eigenvalue weighted by Gasteiger charge is 2.25. The van der Waals surface area contributed by atoms with Crippen molar-refractivity contribution < 1.29 is 8.42 Å². The van der Waals surface area contributed by atoms with E-state index in [1.165, 1.54) is 16.7 Å². The third-order valence-corrected chi connectivity index (χ3v) is 4.67. The maximum atomic E-state index is 12.4. The van der Waals surface area contributed by atoms with Crippen molar-refractivity contribution >= 4 is 15.7 Å². The molecule has 0 radical (unpaired) electrons. The summed E-state index contributed by atoms with van der Waals surface area (Å²) in [5.74, 6) is 5.33. The van der Waals surface area contributed by atoms with Crippen molar-refractivity contribution in [2.24, 2.45) is 5.84 Å². The average molecular weight is 272 g/mol. The number of aromatic nitrogens is 1. The van der Waals surface area contributed by atoms with E-state index < -0.39 is 10.0 Å². The van der Waals surface area contributed by atoms with E-state index in [1.54, 1.807) is 6.07 Å². The Balaban J connectivity index is 3.10. The molecule has 0 fully saturated rings. The second kappa shape index (κ2) is 6.67. The van der Waals surface area contributed by atoms with Crippen LogP contribution in [0.3, 0.4) is 0 Å². The van der Waals surface area contributed by atoms with Gasteiger partial charge in [0.2, 0.25) is 10.0 Å². The lowest BCUT2D eigenvalue weighted by Gasteiger charge is -2.21. The number of pyridine rings is 1. The smallest absolute Gasteiger partial charge is 0.246 e. The first-order valence-corrected chi connectivity index (χ1v) is 7.42. The number of anilines is 1. The molecular weight excluding hydrogens is 252 g/mol. The van der Waals surface area contributed by atoms with Crippen LogP contribution in [-0.4, -0.2) is 30.8 Å². The van der Waals surface area contributed by atoms with Gasteiger partial charge in [0.15, 0.2) is 0 Å². The predicted molar refractivity (Wildman–Crippen MR) is 71.4 cm³/mol. The molecule has 1 rings (SSSR count). The Bertz CT molecular complexity index is 476. The van der Waals surface area contributed by atoms with Crippen LogP contribution >= 0.6 is 0 Å². The summed E-state index contributed by atoms with van der Waals surface area (Å²) < 4.78 is 26.3. The minimum Gasteiger partial charge on any atom is -0.323 e. The molecule has 0 aliphatic heterocycles. The van der Waals surface area contributed by atoms with Crippen LogP contribution in [0.4, 0.5) is 5.69 Å². The Morgan fingerprint density at radius 3 is 2.72 bits per heavy atom. The van der Waals surface area contributed by atoms with Gasteiger partial charge in [-0.3, -0.25) is 10.8 Å². The first kappa shape index (κ1) is 14.9. The topological polar surface area (TPSA) is 88.3 Å². The predicted octanol–water partition coefficient (Wildman–Crippen LogP) is 1.18. The van der Waals surface area contributed by atoms with Crippen LogP contribution in [0.25, 0.3) is 0 Å². The largest absolute Gasteiger partial charge is 0.323 e. The first-order chi connectivity index (χ1) is 8.57. The minimum absolute atomic E-state index is 0.116. The summed E-state index contributed by atoms with van der Waals surface area (Å²) in [6, 6.07) is 1.54. The Morgan fingerprint density at radius 2 is 2.17 bits per heavy atom. The van der Waals surface area contributed by atoms with Gasteiger partial charge in [0.05, 0.1) is 5.69 Å². The number of nitrogens with zero attached hydrogens (tertiary/aromatic N) is 2. The Morgan fingerprint density at radius 1 is 1.44 bits per heavy atom. The molecule has 0 atom stereocenters. The van der Waals surface area contributed by atoms with Crippen molar-refractivity contribution in [2.45, 2.75) is 31.6 Å². The molecule has 0 aliphatic carbocycles. The van der Waals surface area contributed by atoms with Crippen molar-refractivity contribution in [1.29, 1.82) is 0 Å². The number of nitrogen functional groups attached to an aromatic ring is 1. The zero-order valence-corrected chi connectivity index (χ0v) is 11.6. The molecular formula is C11H20N4O2S. The Kier molecular flexibility index (Phi) is 5.52. The van der Waals surface area contributed by atoms with Crippen molar-refractivity contribution in [3.8, 4) is 0 Å². The number of nitrogens with one attached hydrogen (secondary N) is 1. The minimum atomic E-state index is -3.54. The molecule has 0 saturated carbocycles. The fourth-order valence-corrected chi connectivity index (χ4v) is 3.21. The van der Waals surface area contributed by atoms with Crippen molar-refractivity contribution in [2.75, 3.05) is 18.5 Å². The molecule has 102 valence electrons. The summed E-state index contributed by atoms with van der Waals surface area (Å²) in [4.78, 5) is 3.97. The number of hydrogen-bond acceptors (Lipinski definition) is 5. The molecule has 3 N–H and O–H groups in total. The van der Waals surface area contributed by atoms with Gasteiger partial charge in [0, 0.05) is 25.5 Å². The molecule has 0 bridgehead atoms. The molecule has 18 heavy (non-hydrogen) atoms. The highest BCUT2D eigenvalue weighted by molar-refractivity contribution is 7.89. The molecule has 0 spiro atoms. The van der Waals surface area contributed by atoms with Gasteiger partial charge in [0.25, 0.3) is 0 Å². The van der Waals surface area contributed by atoms with Crippen LogP contribution in [0, 0.1) is 0 Å². The van der Waals surface area contributed by atoms with E-state index in [9.17, 15) is 8.42 Å². The standard InChI is InChI=1S/C11H20N4O2S/c1-3-5-8-15(4-2)18(16,17)11-9-13-7-6-10(11)14-12/h6-7,9H,3-5,8,12H2,1-2H3,(H,13,14). The molecule has 6 nitrogen and oxygen atoms in total. The van der Waals surface area contributed by atoms with Crippen LogP contribution in [-0.2, 0) is 10.0 Å². The van der Waals surface area contributed by atoms with Gasteiger partial charge in [-0.25, -0.2) is 8.42 Å². The number of nitrogens with two attached hydrogens (primary N) is 1. The first-order valence-electron chi connectivity index (χ1n) is 5.98. The molecule has 0 saturated heterocycles. The lowest BCUT2D eigenvalue weighted by atomic mass is 10.3. The summed E-state index contributed by atoms with van der Waals surface area (Å²) in [6.45, 7) is 4.78. The fourth-order valence-electron chi connectivity index (χ4n) is 1.63. The maximum absolute atomic E-state index is 12.4. The molecule has 1 aromatic rings. The monoisotopic (exact) mass is 272 g/mol. The highest BCUT2D eigenvalue weighted by atomic mass is 32.2. The van der Waals surface area contributed by atoms with Gasteiger partial charge in [-0.15, -0.1) is 0 Å². The summed E-state index contributed by atoms with van der Waals surface area (Å²) in [6.07, 6.45) is 4.59. The number of rotatable bonds is 7. The molecule has 1 aromatic heterocycles. The van der Waals surface area contributed by atoms with Gasteiger partial charge in [-0.05, 0) is 12.5 Å². The van der Waals surface area contributed by atoms with Crippen LogP contribution in [0.1, 0.15) is 26.7 Å². The van der Waals surface area contributed by atoms with Gasteiger partial charge in [-0.2, -0.15) is 4.31 Å². The normalized spacial score (nSPS) is 11.8. The quantitative estimate of drug-likeness (QED) is 0.575. The van der Waals surface area contributed by atoms with Crippen molar-refractivity contribution in [3.05, 3.63) is 18.5 Å². The Hall–Kier alpha value is -1.18. The van der Waals surface area contributed by atoms with Crippen LogP contribution in [0.2, 0.25) is 0 Å². The number of hydrazine groups is 1. The zero-order valence-electron chi connectivity index (χ0n) is 10.8.